The number of nitrogens with one attached hydrogen (secondary N) is 1. The van der Waals surface area contributed by atoms with Gasteiger partial charge in [0.05, 0.1) is 22.1 Å². The van der Waals surface area contributed by atoms with Crippen LogP contribution < -0.4 is 11.1 Å². The monoisotopic (exact) mass is 459 g/mol. The minimum Gasteiger partial charge on any atom is -0.506 e. The highest BCUT2D eigenvalue weighted by atomic mass is 35.5. The van der Waals surface area contributed by atoms with Crippen molar-refractivity contribution in [2.45, 2.75) is 6.18 Å². The maximum absolute atomic E-state index is 13.0. The first kappa shape index (κ1) is 22.9. The number of rotatable bonds is 5. The third-order valence-electron chi connectivity index (χ3n) is 4.31. The number of aromatic hydroxyl groups is 1. The molecule has 0 heterocycles. The van der Waals surface area contributed by atoms with Gasteiger partial charge in [-0.2, -0.15) is 13.2 Å². The molecule has 1 amide bonds. The number of hydrogen-bond donors (Lipinski definition) is 3. The van der Waals surface area contributed by atoms with Gasteiger partial charge in [0.15, 0.2) is 0 Å². The fraction of sp³-hybridized carbons (Fsp3) is 0.0435. The topological polar surface area (TPSA) is 87.7 Å². The van der Waals surface area contributed by atoms with Gasteiger partial charge in [-0.3, -0.25) is 4.79 Å². The lowest BCUT2D eigenvalue weighted by Crippen LogP contribution is -2.21. The van der Waals surface area contributed by atoms with Gasteiger partial charge in [-0.1, -0.05) is 48.0 Å². The van der Waals surface area contributed by atoms with E-state index in [1.54, 1.807) is 36.4 Å². The number of phenolic OH excluding ortho intramolecular Hbond substituents is 1. The van der Waals surface area contributed by atoms with Gasteiger partial charge in [0.1, 0.15) is 11.4 Å². The summed E-state index contributed by atoms with van der Waals surface area (Å²) >= 11 is 6.08. The largest absolute Gasteiger partial charge is 0.506 e. The molecule has 0 atom stereocenters. The molecule has 0 radical (unpaired) electrons. The van der Waals surface area contributed by atoms with Crippen LogP contribution >= 0.6 is 11.6 Å². The Balaban J connectivity index is 1.95. The number of anilines is 1. The highest BCUT2D eigenvalue weighted by molar-refractivity contribution is 6.33. The number of hydrogen-bond acceptors (Lipinski definition) is 4. The Kier molecular flexibility index (Phi) is 6.85. The smallest absolute Gasteiger partial charge is 0.430 e. The van der Waals surface area contributed by atoms with Gasteiger partial charge in [0.2, 0.25) is 0 Å². The maximum atomic E-state index is 13.0. The number of nitrogens with zero attached hydrogens (tertiary/aromatic N) is 1. The summed E-state index contributed by atoms with van der Waals surface area (Å²) in [6.45, 7) is 0. The number of nitrogens with two attached hydrogens (primary N) is 1. The number of phenols is 1. The second kappa shape index (κ2) is 9.57. The van der Waals surface area contributed by atoms with Crippen LogP contribution in [0.3, 0.4) is 0 Å². The summed E-state index contributed by atoms with van der Waals surface area (Å²) in [6.07, 6.45) is -4.03. The summed E-state index contributed by atoms with van der Waals surface area (Å²) in [4.78, 5) is 16.7. The van der Waals surface area contributed by atoms with E-state index in [0.29, 0.717) is 6.08 Å². The Morgan fingerprint density at radius 2 is 1.56 bits per heavy atom. The van der Waals surface area contributed by atoms with Crippen molar-refractivity contribution < 1.29 is 23.1 Å². The zero-order valence-electron chi connectivity index (χ0n) is 16.4. The fourth-order valence-electron chi connectivity index (χ4n) is 2.65. The zero-order valence-corrected chi connectivity index (χ0v) is 17.2. The lowest BCUT2D eigenvalue weighted by Gasteiger charge is -2.10. The molecule has 9 heteroatoms. The number of allylic oxidation sites excluding steroid dienone is 2. The number of halogens is 4. The van der Waals surface area contributed by atoms with Crippen LogP contribution in [0.2, 0.25) is 5.02 Å². The van der Waals surface area contributed by atoms with Gasteiger partial charge in [-0.25, -0.2) is 4.99 Å². The summed E-state index contributed by atoms with van der Waals surface area (Å²) in [6, 6.07) is 18.3. The van der Waals surface area contributed by atoms with Gasteiger partial charge >= 0.3 is 6.18 Å². The standard InChI is InChI=1S/C23H17ClF3N3O2/c24-16-5-1-2-6-17(16)29-19(13-21(28)23(25,26)27)14-9-11-15(12-10-14)22(32)30-18-7-3-4-8-20(18)31/h1-13,31H,28H2,(H,30,32). The molecule has 3 aromatic rings. The van der Waals surface area contributed by atoms with E-state index < -0.39 is 17.8 Å². The Morgan fingerprint density at radius 3 is 2.19 bits per heavy atom. The van der Waals surface area contributed by atoms with Gasteiger partial charge in [-0.15, -0.1) is 0 Å². The Hall–Kier alpha value is -3.78. The minimum absolute atomic E-state index is 0.0828. The first-order valence-electron chi connectivity index (χ1n) is 9.22. The number of aliphatic imine (C=N–C) groups is 1. The normalized spacial score (nSPS) is 12.5. The molecule has 0 unspecified atom stereocenters. The summed E-state index contributed by atoms with van der Waals surface area (Å²) < 4.78 is 39.0. The summed E-state index contributed by atoms with van der Waals surface area (Å²) in [5.74, 6) is -0.604. The molecule has 0 fully saturated rings. The van der Waals surface area contributed by atoms with Crippen molar-refractivity contribution in [1.29, 1.82) is 0 Å². The van der Waals surface area contributed by atoms with Crippen molar-refractivity contribution in [3.8, 4) is 5.75 Å². The van der Waals surface area contributed by atoms with Gasteiger partial charge < -0.3 is 16.2 Å². The highest BCUT2D eigenvalue weighted by Crippen LogP contribution is 2.27. The van der Waals surface area contributed by atoms with E-state index in [2.05, 4.69) is 10.3 Å². The molecule has 0 aliphatic rings. The van der Waals surface area contributed by atoms with E-state index in [0.717, 1.165) is 0 Å². The molecule has 0 saturated carbocycles. The van der Waals surface area contributed by atoms with Gasteiger partial charge in [-0.05, 0) is 42.5 Å². The average molecular weight is 460 g/mol. The van der Waals surface area contributed by atoms with Gasteiger partial charge in [0.25, 0.3) is 5.91 Å². The number of amides is 1. The number of benzene rings is 3. The maximum Gasteiger partial charge on any atom is 0.430 e. The average Bonchev–Trinajstić information content (AvgIpc) is 2.75. The van der Waals surface area contributed by atoms with E-state index in [4.69, 9.17) is 17.3 Å². The fourth-order valence-corrected chi connectivity index (χ4v) is 2.83. The van der Waals surface area contributed by atoms with Crippen LogP contribution in [0.25, 0.3) is 0 Å². The van der Waals surface area contributed by atoms with E-state index in [1.807, 2.05) is 0 Å². The van der Waals surface area contributed by atoms with E-state index in [-0.39, 0.29) is 39.0 Å². The van der Waals surface area contributed by atoms with Crippen LogP contribution in [-0.2, 0) is 0 Å². The molecule has 0 aromatic heterocycles. The van der Waals surface area contributed by atoms with Crippen LogP contribution in [0.5, 0.6) is 5.75 Å². The Labute approximate surface area is 186 Å². The second-order valence-electron chi connectivity index (χ2n) is 6.59. The van der Waals surface area contributed by atoms with Crippen molar-refractivity contribution in [3.63, 3.8) is 0 Å². The van der Waals surface area contributed by atoms with Crippen LogP contribution in [0.4, 0.5) is 24.5 Å². The number of carbonyl (C=O) groups excluding carboxylic acids is 1. The van der Waals surface area contributed by atoms with Crippen LogP contribution in [0.1, 0.15) is 15.9 Å². The molecule has 0 bridgehead atoms. The summed E-state index contributed by atoms with van der Waals surface area (Å²) in [5.41, 5.74) is 4.78. The Morgan fingerprint density at radius 1 is 0.969 bits per heavy atom. The Bertz CT molecular complexity index is 1190. The minimum atomic E-state index is -4.74. The zero-order chi connectivity index (χ0) is 23.3. The first-order chi connectivity index (χ1) is 15.1. The van der Waals surface area contributed by atoms with E-state index in [9.17, 15) is 23.1 Å². The molecule has 0 aliphatic carbocycles. The SMILES string of the molecule is NC(=CC(=Nc1ccccc1Cl)c1ccc(C(=O)Nc2ccccc2O)cc1)C(F)(F)F. The van der Waals surface area contributed by atoms with Crippen molar-refractivity contribution >= 4 is 34.6 Å². The molecule has 4 N–H and O–H groups in total. The molecule has 3 rings (SSSR count). The van der Waals surface area contributed by atoms with E-state index >= 15 is 0 Å². The third-order valence-corrected chi connectivity index (χ3v) is 4.63. The van der Waals surface area contributed by atoms with Crippen LogP contribution in [0, 0.1) is 0 Å². The number of alkyl halides is 3. The lowest BCUT2D eigenvalue weighted by molar-refractivity contribution is -0.0925. The molecule has 0 aliphatic heterocycles. The second-order valence-corrected chi connectivity index (χ2v) is 7.00. The molecule has 0 saturated heterocycles. The lowest BCUT2D eigenvalue weighted by atomic mass is 10.1. The molecule has 32 heavy (non-hydrogen) atoms. The predicted octanol–water partition coefficient (Wildman–Crippen LogP) is 5.82. The molecular formula is C23H17ClF3N3O2. The molecule has 3 aromatic carbocycles. The molecule has 164 valence electrons. The van der Waals surface area contributed by atoms with Crippen molar-refractivity contribution in [2.24, 2.45) is 10.7 Å². The van der Waals surface area contributed by atoms with Crippen molar-refractivity contribution in [3.05, 3.63) is 101 Å². The summed E-state index contributed by atoms with van der Waals surface area (Å²) in [5, 5.41) is 12.6. The van der Waals surface area contributed by atoms with Gasteiger partial charge in [0, 0.05) is 11.1 Å². The summed E-state index contributed by atoms with van der Waals surface area (Å²) in [7, 11) is 0. The number of carbonyl (C=O) groups is 1. The van der Waals surface area contributed by atoms with Crippen molar-refractivity contribution in [1.82, 2.24) is 0 Å². The molecular weight excluding hydrogens is 443 g/mol. The molecule has 0 spiro atoms. The van der Waals surface area contributed by atoms with Crippen LogP contribution in [-0.4, -0.2) is 22.9 Å². The van der Waals surface area contributed by atoms with E-state index in [1.165, 1.54) is 36.4 Å². The van der Waals surface area contributed by atoms with Crippen LogP contribution in [0.15, 0.2) is 89.6 Å². The quantitative estimate of drug-likeness (QED) is 0.331. The molecule has 5 nitrogen and oxygen atoms in total. The highest BCUT2D eigenvalue weighted by Gasteiger charge is 2.31. The first-order valence-corrected chi connectivity index (χ1v) is 9.60. The predicted molar refractivity (Wildman–Crippen MR) is 118 cm³/mol. The van der Waals surface area contributed by atoms with Crippen molar-refractivity contribution in [2.75, 3.05) is 5.32 Å². The third kappa shape index (κ3) is 5.67. The number of para-hydroxylation sites is 3.